The first-order valence-electron chi connectivity index (χ1n) is 10.3. The lowest BCUT2D eigenvalue weighted by atomic mass is 10.1. The van der Waals surface area contributed by atoms with Gasteiger partial charge in [0.25, 0.3) is 0 Å². The quantitative estimate of drug-likeness (QED) is 0.238. The molecule has 2 aliphatic rings. The number of hydrogen-bond acceptors (Lipinski definition) is 4. The van der Waals surface area contributed by atoms with Crippen LogP contribution in [0.5, 0.6) is 0 Å². The van der Waals surface area contributed by atoms with Crippen LogP contribution in [0.3, 0.4) is 0 Å². The van der Waals surface area contributed by atoms with Gasteiger partial charge >= 0.3 is 12.2 Å². The molecule has 178 valence electrons. The fourth-order valence-electron chi connectivity index (χ4n) is 3.59. The van der Waals surface area contributed by atoms with Crippen LogP contribution in [0.1, 0.15) is 18.1 Å². The highest BCUT2D eigenvalue weighted by atomic mass is 127. The molecule has 3 rings (SSSR count). The van der Waals surface area contributed by atoms with Crippen LogP contribution in [-0.2, 0) is 17.5 Å². The van der Waals surface area contributed by atoms with E-state index >= 15 is 0 Å². The molecule has 1 aromatic rings. The largest absolute Gasteiger partial charge is 0.416 e. The maximum atomic E-state index is 12.9. The topological polar surface area (TPSA) is 80.3 Å². The second-order valence-electron chi connectivity index (χ2n) is 7.40. The number of aliphatic imine (C=N–C) groups is 1. The highest BCUT2D eigenvalue weighted by Crippen LogP contribution is 2.29. The summed E-state index contributed by atoms with van der Waals surface area (Å²) < 4.78 is 38.8. The molecule has 2 saturated heterocycles. The van der Waals surface area contributed by atoms with Crippen molar-refractivity contribution in [3.8, 4) is 0 Å². The number of carbonyl (C=O) groups excluding carboxylic acids is 2. The first-order valence-corrected chi connectivity index (χ1v) is 10.3. The molecule has 8 nitrogen and oxygen atoms in total. The van der Waals surface area contributed by atoms with E-state index < -0.39 is 17.8 Å². The van der Waals surface area contributed by atoms with Crippen molar-refractivity contribution in [3.63, 3.8) is 0 Å². The molecule has 0 saturated carbocycles. The van der Waals surface area contributed by atoms with Gasteiger partial charge in [0.15, 0.2) is 5.96 Å². The number of urea groups is 1. The second kappa shape index (κ2) is 11.7. The number of benzene rings is 1. The Hall–Kier alpha value is -2.09. The van der Waals surface area contributed by atoms with E-state index in [0.717, 1.165) is 11.0 Å². The average molecular weight is 568 g/mol. The Morgan fingerprint density at radius 1 is 1.19 bits per heavy atom. The predicted octanol–water partition coefficient (Wildman–Crippen LogP) is 1.96. The first kappa shape index (κ1) is 26.2. The molecule has 3 amide bonds. The van der Waals surface area contributed by atoms with Gasteiger partial charge in [0, 0.05) is 39.3 Å². The third kappa shape index (κ3) is 6.95. The van der Waals surface area contributed by atoms with E-state index in [9.17, 15) is 22.8 Å². The summed E-state index contributed by atoms with van der Waals surface area (Å²) in [6.45, 7) is 6.35. The van der Waals surface area contributed by atoms with E-state index in [1.54, 1.807) is 6.07 Å². The highest BCUT2D eigenvalue weighted by molar-refractivity contribution is 14.0. The number of carbonyl (C=O) groups is 2. The van der Waals surface area contributed by atoms with E-state index in [1.807, 2.05) is 6.92 Å². The molecule has 2 aliphatic heterocycles. The van der Waals surface area contributed by atoms with Crippen molar-refractivity contribution >= 4 is 41.9 Å². The van der Waals surface area contributed by atoms with Gasteiger partial charge in [-0.25, -0.2) is 4.79 Å². The maximum Gasteiger partial charge on any atom is 0.416 e. The van der Waals surface area contributed by atoms with Gasteiger partial charge in [0.05, 0.1) is 25.2 Å². The molecule has 0 bridgehead atoms. The molecule has 0 aromatic heterocycles. The summed E-state index contributed by atoms with van der Waals surface area (Å²) >= 11 is 0. The normalized spacial score (nSPS) is 17.9. The minimum atomic E-state index is -4.34. The SMILES string of the molecule is CCNC(=NCCN1C(=O)CNC1=O)N1CCN(Cc2cccc(C(F)(F)F)c2)CC1.I. The molecular weight excluding hydrogens is 540 g/mol. The summed E-state index contributed by atoms with van der Waals surface area (Å²) in [7, 11) is 0. The lowest BCUT2D eigenvalue weighted by Gasteiger charge is -2.36. The van der Waals surface area contributed by atoms with E-state index in [-0.39, 0.29) is 43.0 Å². The van der Waals surface area contributed by atoms with Crippen LogP contribution in [0.15, 0.2) is 29.3 Å². The number of amides is 3. The summed E-state index contributed by atoms with van der Waals surface area (Å²) in [5.41, 5.74) is 0.00720. The number of halogens is 4. The van der Waals surface area contributed by atoms with Gasteiger partial charge in [-0.05, 0) is 18.6 Å². The summed E-state index contributed by atoms with van der Waals surface area (Å²) in [5.74, 6) is 0.446. The van der Waals surface area contributed by atoms with Crippen molar-refractivity contribution in [2.24, 2.45) is 4.99 Å². The van der Waals surface area contributed by atoms with Crippen molar-refractivity contribution in [1.29, 1.82) is 0 Å². The average Bonchev–Trinajstić information content (AvgIpc) is 3.05. The molecule has 12 heteroatoms. The monoisotopic (exact) mass is 568 g/mol. The van der Waals surface area contributed by atoms with Crippen LogP contribution in [0, 0.1) is 0 Å². The Labute approximate surface area is 202 Å². The molecule has 1 aromatic carbocycles. The van der Waals surface area contributed by atoms with Gasteiger partial charge in [-0.2, -0.15) is 13.2 Å². The fraction of sp³-hybridized carbons (Fsp3) is 0.550. The zero-order chi connectivity index (χ0) is 22.4. The van der Waals surface area contributed by atoms with Crippen LogP contribution in [0.25, 0.3) is 0 Å². The van der Waals surface area contributed by atoms with Crippen LogP contribution in [0.2, 0.25) is 0 Å². The van der Waals surface area contributed by atoms with E-state index in [1.165, 1.54) is 12.1 Å². The minimum absolute atomic E-state index is 0. The molecular formula is C20H28F3IN6O2. The van der Waals surface area contributed by atoms with Gasteiger partial charge in [0.2, 0.25) is 5.91 Å². The molecule has 0 spiro atoms. The Morgan fingerprint density at radius 3 is 2.50 bits per heavy atom. The lowest BCUT2D eigenvalue weighted by Crippen LogP contribution is -2.52. The number of piperazine rings is 1. The maximum absolute atomic E-state index is 12.9. The van der Waals surface area contributed by atoms with Gasteiger partial charge < -0.3 is 15.5 Å². The minimum Gasteiger partial charge on any atom is -0.357 e. The number of rotatable bonds is 6. The van der Waals surface area contributed by atoms with Gasteiger partial charge in [0.1, 0.15) is 0 Å². The third-order valence-electron chi connectivity index (χ3n) is 5.19. The molecule has 0 aliphatic carbocycles. The number of nitrogens with zero attached hydrogens (tertiary/aromatic N) is 4. The van der Waals surface area contributed by atoms with Crippen molar-refractivity contribution in [2.45, 2.75) is 19.6 Å². The Morgan fingerprint density at radius 2 is 1.91 bits per heavy atom. The van der Waals surface area contributed by atoms with Gasteiger partial charge in [-0.15, -0.1) is 24.0 Å². The number of hydrogen-bond donors (Lipinski definition) is 2. The van der Waals surface area contributed by atoms with E-state index in [0.29, 0.717) is 57.3 Å². The Bertz CT molecular complexity index is 812. The molecule has 2 fully saturated rings. The third-order valence-corrected chi connectivity index (χ3v) is 5.19. The number of nitrogens with one attached hydrogen (secondary N) is 2. The molecule has 0 unspecified atom stereocenters. The van der Waals surface area contributed by atoms with E-state index in [2.05, 4.69) is 25.4 Å². The lowest BCUT2D eigenvalue weighted by molar-refractivity contribution is -0.137. The Kier molecular flexibility index (Phi) is 9.55. The smallest absolute Gasteiger partial charge is 0.357 e. The van der Waals surface area contributed by atoms with Crippen LogP contribution in [0.4, 0.5) is 18.0 Å². The summed E-state index contributed by atoms with van der Waals surface area (Å²) in [4.78, 5) is 33.1. The zero-order valence-corrected chi connectivity index (χ0v) is 20.2. The molecule has 2 heterocycles. The van der Waals surface area contributed by atoms with Crippen molar-refractivity contribution in [2.75, 3.05) is 52.4 Å². The Balaban J connectivity index is 0.00000363. The van der Waals surface area contributed by atoms with Gasteiger partial charge in [-0.3, -0.25) is 19.6 Å². The predicted molar refractivity (Wildman–Crippen MR) is 125 cm³/mol. The fourth-order valence-corrected chi connectivity index (χ4v) is 3.59. The standard InChI is InChI=1S/C20H27F3N6O2.HI/c1-2-24-18(25-6-7-29-17(30)13-26-19(29)31)28-10-8-27(9-11-28)14-15-4-3-5-16(12-15)20(21,22)23;/h3-5,12H,2,6-11,13-14H2,1H3,(H,24,25)(H,26,31);1H. The number of imide groups is 1. The van der Waals surface area contributed by atoms with Crippen molar-refractivity contribution < 1.29 is 22.8 Å². The summed E-state index contributed by atoms with van der Waals surface area (Å²) in [5, 5.41) is 5.69. The van der Waals surface area contributed by atoms with E-state index in [4.69, 9.17) is 0 Å². The number of guanidine groups is 1. The van der Waals surface area contributed by atoms with Crippen molar-refractivity contribution in [1.82, 2.24) is 25.3 Å². The van der Waals surface area contributed by atoms with Crippen LogP contribution in [-0.4, -0.2) is 85.0 Å². The summed E-state index contributed by atoms with van der Waals surface area (Å²) in [6, 6.07) is 5.04. The number of alkyl halides is 3. The van der Waals surface area contributed by atoms with Crippen molar-refractivity contribution in [3.05, 3.63) is 35.4 Å². The first-order chi connectivity index (χ1) is 14.8. The molecule has 2 N–H and O–H groups in total. The van der Waals surface area contributed by atoms with Crippen LogP contribution < -0.4 is 10.6 Å². The zero-order valence-electron chi connectivity index (χ0n) is 17.8. The van der Waals surface area contributed by atoms with Crippen LogP contribution >= 0.6 is 24.0 Å². The summed E-state index contributed by atoms with van der Waals surface area (Å²) in [6.07, 6.45) is -4.34. The molecule has 32 heavy (non-hydrogen) atoms. The molecule has 0 radical (unpaired) electrons. The second-order valence-corrected chi connectivity index (χ2v) is 7.40. The molecule has 0 atom stereocenters. The highest BCUT2D eigenvalue weighted by Gasteiger charge is 2.31. The van der Waals surface area contributed by atoms with Gasteiger partial charge in [-0.1, -0.05) is 18.2 Å².